The van der Waals surface area contributed by atoms with Crippen LogP contribution in [0.25, 0.3) is 48.8 Å². The predicted octanol–water partition coefficient (Wildman–Crippen LogP) is 19.1. The number of halogens is 8. The van der Waals surface area contributed by atoms with E-state index in [1.807, 2.05) is 49.8 Å². The molecule has 15 rings (SSSR count). The zero-order valence-electron chi connectivity index (χ0n) is 49.4. The Bertz CT molecular complexity index is 5290. The van der Waals surface area contributed by atoms with E-state index in [1.54, 1.807) is 123 Å². The van der Waals surface area contributed by atoms with E-state index in [4.69, 9.17) is 0 Å². The fourth-order valence-corrected chi connectivity index (χ4v) is 17.6. The van der Waals surface area contributed by atoms with Crippen LogP contribution in [0.5, 0.6) is 0 Å². The lowest BCUT2D eigenvalue weighted by Gasteiger charge is -2.09. The van der Waals surface area contributed by atoms with Gasteiger partial charge in [-0.25, -0.2) is 52.1 Å². The van der Waals surface area contributed by atoms with E-state index in [1.165, 1.54) is 66.6 Å². The van der Waals surface area contributed by atoms with Gasteiger partial charge in [-0.3, -0.25) is 15.0 Å². The van der Waals surface area contributed by atoms with Crippen molar-refractivity contribution in [2.24, 2.45) is 0 Å². The molecule has 0 N–H and O–H groups in total. The fourth-order valence-electron chi connectivity index (χ4n) is 9.86. The molecule has 0 atom stereocenters. The normalized spacial score (nSPS) is 12.8. The molecular weight excluding hydrogens is 1860 g/mol. The van der Waals surface area contributed by atoms with Gasteiger partial charge < -0.3 is 0 Å². The van der Waals surface area contributed by atoms with E-state index in [2.05, 4.69) is 221 Å². The molecule has 9 heterocycles. The van der Waals surface area contributed by atoms with Gasteiger partial charge in [0.2, 0.25) is 0 Å². The molecule has 474 valence electrons. The number of benzene rings is 3. The van der Waals surface area contributed by atoms with Crippen molar-refractivity contribution < 1.29 is 25.3 Å². The second kappa shape index (κ2) is 30.3. The summed E-state index contributed by atoms with van der Waals surface area (Å²) in [5.74, 6) is 0. The standard InChI is InChI=1S/C14H10BrIN2O2S.C14H11BrN2O2S.C13H9BrN2O2S.C9H7BrIN.C9H8BrN.C8H6BrN/c1-9-2-4-11(5-3-9)21(19,20)18-8-13(16)12-6-10(15)7-17-14(12)18;1-10-7-11-8-12(15)9-16-14(11)17(10)20(18,19)13-5-3-2-4-6-13;14-11-8-10-6-7-16(13(10)15-9-11)19(17,18)12-4-2-1-3-5-12;1-5-2-8-7(9(5)11)3-6(10)4-12-8;1-6-2-7-4-8(10)5-11-9(7)3-6;9-7-4-6-2-1-3-8(6)10-5-7/h2-8H,1H3;2-9H,1H3;1-9H;3-4H,2H2,1H3;2,4-5H,3H2,1H3;1-2,4-5H,3H2. The van der Waals surface area contributed by atoms with E-state index in [-0.39, 0.29) is 14.7 Å². The lowest BCUT2D eigenvalue weighted by molar-refractivity contribution is 0.586. The molecule has 0 spiro atoms. The summed E-state index contributed by atoms with van der Waals surface area (Å²) in [5, 5.41) is 2.37. The Morgan fingerprint density at radius 1 is 0.462 bits per heavy atom. The minimum Gasteiger partial charge on any atom is -0.259 e. The average molecular weight is 1910 g/mol. The van der Waals surface area contributed by atoms with E-state index in [0.717, 1.165) is 71.4 Å². The summed E-state index contributed by atoms with van der Waals surface area (Å²) in [6.07, 6.45) is 22.9. The molecule has 0 aliphatic heterocycles. The van der Waals surface area contributed by atoms with Crippen molar-refractivity contribution in [1.29, 1.82) is 0 Å². The molecule has 0 radical (unpaired) electrons. The first-order valence-corrected chi connectivity index (χ1v) is 39.2. The predicted molar refractivity (Wildman–Crippen MR) is 408 cm³/mol. The molecule has 93 heavy (non-hydrogen) atoms. The maximum Gasteiger partial charge on any atom is 0.269 e. The minimum atomic E-state index is -3.64. The molecule has 0 bridgehead atoms. The highest BCUT2D eigenvalue weighted by Gasteiger charge is 2.25. The number of fused-ring (bicyclic) bond motifs is 6. The van der Waals surface area contributed by atoms with Crippen LogP contribution < -0.4 is 0 Å². The van der Waals surface area contributed by atoms with E-state index in [0.29, 0.717) is 22.6 Å². The summed E-state index contributed by atoms with van der Waals surface area (Å²) >= 11 is 24.7. The molecule has 0 saturated carbocycles. The summed E-state index contributed by atoms with van der Waals surface area (Å²) < 4.78 is 87.5. The van der Waals surface area contributed by atoms with Crippen molar-refractivity contribution in [1.82, 2.24) is 41.8 Å². The SMILES string of the molecule is Brc1cnc2c(c1)C=CC2.CC1=C(I)c2cc(Br)cnc2C1.CC1=Cc2cc(Br)cnc2C1.Cc1cc2cc(Br)cnc2n1S(=O)(=O)c1ccccc1.Cc1ccc(S(=O)(=O)n2cc(I)c3cc(Br)cnc32)cc1.O=S(=O)(c1ccccc1)n1ccc2cc(Br)cnc21. The number of nitrogens with zero attached hydrogens (tertiary/aromatic N) is 9. The van der Waals surface area contributed by atoms with Crippen LogP contribution in [0.4, 0.5) is 0 Å². The van der Waals surface area contributed by atoms with Crippen LogP contribution in [0.1, 0.15) is 58.9 Å². The monoisotopic (exact) mass is 1900 g/mol. The zero-order valence-corrected chi connectivity index (χ0v) is 65.7. The van der Waals surface area contributed by atoms with Crippen molar-refractivity contribution in [3.05, 3.63) is 276 Å². The maximum atomic E-state index is 12.8. The van der Waals surface area contributed by atoms with Crippen molar-refractivity contribution in [2.45, 2.75) is 61.6 Å². The van der Waals surface area contributed by atoms with Crippen LogP contribution in [-0.4, -0.2) is 67.1 Å². The summed E-state index contributed by atoms with van der Waals surface area (Å²) in [5.41, 5.74) is 13.2. The fraction of sp³-hybridized carbons (Fsp3) is 0.104. The first-order chi connectivity index (χ1) is 44.3. The highest BCUT2D eigenvalue weighted by molar-refractivity contribution is 14.1. The molecule has 0 amide bonds. The summed E-state index contributed by atoms with van der Waals surface area (Å²) in [7, 11) is -10.9. The highest BCUT2D eigenvalue weighted by atomic mass is 127. The number of aryl methyl sites for hydroxylation is 2. The molecule has 12 aromatic rings. The highest BCUT2D eigenvalue weighted by Crippen LogP contribution is 2.37. The molecule has 0 fully saturated rings. The number of rotatable bonds is 6. The lowest BCUT2D eigenvalue weighted by Crippen LogP contribution is -2.14. The Labute approximate surface area is 616 Å². The Morgan fingerprint density at radius 2 is 0.968 bits per heavy atom. The third-order valence-electron chi connectivity index (χ3n) is 14.3. The van der Waals surface area contributed by atoms with Crippen LogP contribution in [-0.2, 0) is 49.3 Å². The topological polar surface area (TPSA) is 195 Å². The van der Waals surface area contributed by atoms with Gasteiger partial charge >= 0.3 is 0 Å². The summed E-state index contributed by atoms with van der Waals surface area (Å²) in [6, 6.07) is 38.9. The van der Waals surface area contributed by atoms with Gasteiger partial charge in [-0.05, 0) is 265 Å². The van der Waals surface area contributed by atoms with Crippen molar-refractivity contribution in [3.8, 4) is 0 Å². The maximum absolute atomic E-state index is 12.8. The van der Waals surface area contributed by atoms with E-state index >= 15 is 0 Å². The van der Waals surface area contributed by atoms with Crippen LogP contribution in [0.3, 0.4) is 0 Å². The van der Waals surface area contributed by atoms with Crippen molar-refractivity contribution in [2.75, 3.05) is 0 Å². The molecule has 0 saturated heterocycles. The lowest BCUT2D eigenvalue weighted by atomic mass is 10.2. The number of aromatic nitrogens is 9. The molecule has 3 aliphatic carbocycles. The number of hydrogen-bond donors (Lipinski definition) is 0. The Kier molecular flexibility index (Phi) is 23.0. The van der Waals surface area contributed by atoms with Gasteiger partial charge in [-0.15, -0.1) is 0 Å². The Morgan fingerprint density at radius 3 is 1.61 bits per heavy atom. The molecule has 0 unspecified atom stereocenters. The van der Waals surface area contributed by atoms with Crippen LogP contribution >= 0.6 is 141 Å². The smallest absolute Gasteiger partial charge is 0.259 e. The minimum absolute atomic E-state index is 0.247. The largest absolute Gasteiger partial charge is 0.269 e. The Hall–Kier alpha value is -5.41. The van der Waals surface area contributed by atoms with E-state index < -0.39 is 30.1 Å². The van der Waals surface area contributed by atoms with E-state index in [9.17, 15) is 25.3 Å². The number of hydrogen-bond acceptors (Lipinski definition) is 12. The first kappa shape index (κ1) is 70.4. The number of allylic oxidation sites excluding steroid dienone is 3. The third-order valence-corrected chi connectivity index (χ3v) is 24.4. The van der Waals surface area contributed by atoms with Crippen molar-refractivity contribution in [3.63, 3.8) is 0 Å². The van der Waals surface area contributed by atoms with Crippen molar-refractivity contribution >= 4 is 220 Å². The number of pyridine rings is 6. The first-order valence-electron chi connectivity index (χ1n) is 27.9. The Balaban J connectivity index is 0.000000125. The molecule has 3 aliphatic rings. The quantitative estimate of drug-likeness (QED) is 0.143. The van der Waals surface area contributed by atoms with Gasteiger partial charge in [-0.1, -0.05) is 83.5 Å². The zero-order chi connectivity index (χ0) is 66.5. The second-order valence-electron chi connectivity index (χ2n) is 21.1. The average Bonchev–Trinajstić information content (AvgIpc) is 1.67. The van der Waals surface area contributed by atoms with Gasteiger partial charge in [0, 0.05) is 130 Å². The molecule has 26 heteroatoms. The molecular formula is C67H51Br6I2N9O6S3. The van der Waals surface area contributed by atoms with Crippen LogP contribution in [0, 0.1) is 17.4 Å². The molecule has 3 aromatic carbocycles. The molecule has 15 nitrogen and oxygen atoms in total. The van der Waals surface area contributed by atoms with Gasteiger partial charge in [0.15, 0.2) is 16.9 Å². The molecule has 9 aromatic heterocycles. The summed E-state index contributed by atoms with van der Waals surface area (Å²) in [4.78, 5) is 26.3. The third kappa shape index (κ3) is 16.5. The summed E-state index contributed by atoms with van der Waals surface area (Å²) in [6.45, 7) is 7.98. The van der Waals surface area contributed by atoms with Gasteiger partial charge in [0.25, 0.3) is 30.1 Å². The van der Waals surface area contributed by atoms with Crippen LogP contribution in [0.2, 0.25) is 0 Å². The van der Waals surface area contributed by atoms with Gasteiger partial charge in [0.1, 0.15) is 0 Å². The van der Waals surface area contributed by atoms with Gasteiger partial charge in [-0.2, -0.15) is 0 Å². The van der Waals surface area contributed by atoms with Gasteiger partial charge in [0.05, 0.1) is 31.8 Å². The second-order valence-corrected chi connectivity index (χ2v) is 34.3. The van der Waals surface area contributed by atoms with Crippen LogP contribution in [0.15, 0.2) is 242 Å².